The van der Waals surface area contributed by atoms with Gasteiger partial charge in [0.25, 0.3) is 6.71 Å². The van der Waals surface area contributed by atoms with E-state index in [1.807, 2.05) is 188 Å². The first-order valence-corrected chi connectivity index (χ1v) is 38.7. The molecule has 12 aromatic rings. The number of hydrogen-bond donors (Lipinski definition) is 0. The monoisotopic (exact) mass is 1520 g/mol. The van der Waals surface area contributed by atoms with Crippen molar-refractivity contribution in [2.45, 2.75) is 26.2 Å². The molecule has 0 atom stereocenters. The van der Waals surface area contributed by atoms with Crippen LogP contribution < -0.4 is 26.2 Å². The number of aliphatic imine (C=N–C) groups is 18. The highest BCUT2D eigenvalue weighted by molar-refractivity contribution is 7.00. The standard InChI is InChI=1S/C94H60BN23/c1-94(2,3)66-53-73-75-74(54-66)115(68-47-41-63(42-48-68)82-108-88-102-76(57-27-13-5-14-28-57)96-85-97-77(58-29-15-6-16-30-58)103-89(109-82)116(85)88)72-52-65(84-112-92-106-80(61-35-21-9-22-36-61)100-87-101-81(62-37-23-10-24-38-62)107-93(113-84)118(87)92)44-50-70(72)95(75)69-49-43-64(51-71(69)114(73)67-45-39-56(40-46-67)55-25-11-4-12-26-55)83-110-90-104-78(59-31-17-7-18-32-59)98-86-99-79(60-33-19-8-20-34-60)105-91(111-83)117(86)90/h4-54H,1-3H3. The zero-order chi connectivity index (χ0) is 78.3. The molecule has 0 aromatic heterocycles. The van der Waals surface area contributed by atoms with Gasteiger partial charge in [-0.15, -0.1) is 0 Å². The van der Waals surface area contributed by atoms with Crippen LogP contribution in [0.3, 0.4) is 0 Å². The second kappa shape index (κ2) is 26.7. The largest absolute Gasteiger partial charge is 0.311 e. The maximum absolute atomic E-state index is 5.36. The molecule has 12 aromatic carbocycles. The smallest absolute Gasteiger partial charge is 0.252 e. The van der Waals surface area contributed by atoms with Gasteiger partial charge in [-0.3, -0.25) is 0 Å². The lowest BCUT2D eigenvalue weighted by atomic mass is 9.33. The van der Waals surface area contributed by atoms with Gasteiger partial charge in [-0.25, -0.2) is 14.7 Å². The zero-order valence-corrected chi connectivity index (χ0v) is 63.3. The van der Waals surface area contributed by atoms with Gasteiger partial charge in [0.05, 0.1) is 0 Å². The van der Waals surface area contributed by atoms with E-state index in [9.17, 15) is 0 Å². The van der Waals surface area contributed by atoms with Crippen molar-refractivity contribution in [2.75, 3.05) is 9.80 Å². The number of hydrogen-bond acceptors (Lipinski definition) is 23. The van der Waals surface area contributed by atoms with Crippen molar-refractivity contribution in [3.05, 3.63) is 365 Å². The van der Waals surface area contributed by atoms with Gasteiger partial charge in [0.1, 0.15) is 0 Å². The Balaban J connectivity index is 0.730. The van der Waals surface area contributed by atoms with E-state index in [0.717, 1.165) is 112 Å². The van der Waals surface area contributed by atoms with E-state index in [-0.39, 0.29) is 6.71 Å². The van der Waals surface area contributed by atoms with E-state index in [2.05, 4.69) is 152 Å². The van der Waals surface area contributed by atoms with Crippen molar-refractivity contribution in [3.8, 4) is 11.1 Å². The van der Waals surface area contributed by atoms with Gasteiger partial charge >= 0.3 is 0 Å². The van der Waals surface area contributed by atoms with Crippen LogP contribution in [0.15, 0.2) is 399 Å². The molecule has 0 N–H and O–H groups in total. The maximum atomic E-state index is 5.36. The molecule has 0 saturated carbocycles. The Labute approximate surface area is 676 Å². The topological polar surface area (TPSA) is 239 Å². The van der Waals surface area contributed by atoms with Crippen molar-refractivity contribution < 1.29 is 0 Å². The quantitative estimate of drug-likeness (QED) is 0.108. The molecule has 11 heterocycles. The summed E-state index contributed by atoms with van der Waals surface area (Å²) in [6.07, 6.45) is 0. The van der Waals surface area contributed by atoms with Crippen LogP contribution in [0.5, 0.6) is 0 Å². The molecule has 0 saturated heterocycles. The molecule has 0 bridgehead atoms. The normalized spacial score (nSPS) is 16.9. The first kappa shape index (κ1) is 67.5. The van der Waals surface area contributed by atoms with Crippen LogP contribution in [-0.2, 0) is 5.41 Å². The van der Waals surface area contributed by atoms with Crippen molar-refractivity contribution in [1.82, 2.24) is 14.7 Å². The highest BCUT2D eigenvalue weighted by atomic mass is 15.5. The molecule has 0 spiro atoms. The van der Waals surface area contributed by atoms with Crippen molar-refractivity contribution in [3.63, 3.8) is 0 Å². The molecule has 0 radical (unpaired) electrons. The molecule has 24 heteroatoms. The fourth-order valence-corrected chi connectivity index (χ4v) is 16.0. The molecule has 11 aliphatic heterocycles. The molecule has 0 fully saturated rings. The maximum Gasteiger partial charge on any atom is 0.252 e. The number of rotatable bonds is 12. The fourth-order valence-electron chi connectivity index (χ4n) is 16.0. The van der Waals surface area contributed by atoms with E-state index in [1.54, 1.807) is 14.7 Å². The van der Waals surface area contributed by atoms with Gasteiger partial charge in [-0.1, -0.05) is 269 Å². The Bertz CT molecular complexity index is 6850. The van der Waals surface area contributed by atoms with Crippen LogP contribution >= 0.6 is 0 Å². The molecule has 23 rings (SSSR count). The van der Waals surface area contributed by atoms with Crippen LogP contribution in [0.1, 0.15) is 76.4 Å². The molecule has 0 aliphatic carbocycles. The van der Waals surface area contributed by atoms with E-state index in [4.69, 9.17) is 89.9 Å². The molecule has 0 amide bonds. The third-order valence-corrected chi connectivity index (χ3v) is 21.8. The number of amidine groups is 9. The molecule has 554 valence electrons. The zero-order valence-electron chi connectivity index (χ0n) is 63.3. The predicted octanol–water partition coefficient (Wildman–Crippen LogP) is 14.9. The summed E-state index contributed by atoms with van der Waals surface area (Å²) in [5.41, 5.74) is 18.5. The second-order valence-corrected chi connectivity index (χ2v) is 30.1. The highest BCUT2D eigenvalue weighted by Gasteiger charge is 2.47. The van der Waals surface area contributed by atoms with Gasteiger partial charge < -0.3 is 9.80 Å². The summed E-state index contributed by atoms with van der Waals surface area (Å²) < 4.78 is 0. The average Bonchev–Trinajstić information content (AvgIpc) is 0.691. The molecular formula is C94H60BN23. The molecule has 118 heavy (non-hydrogen) atoms. The highest BCUT2D eigenvalue weighted by Crippen LogP contribution is 2.48. The summed E-state index contributed by atoms with van der Waals surface area (Å²) in [6, 6.07) is 105. The third kappa shape index (κ3) is 11.4. The summed E-state index contributed by atoms with van der Waals surface area (Å²) in [7, 11) is 0. The molecule has 0 unspecified atom stereocenters. The van der Waals surface area contributed by atoms with E-state index >= 15 is 0 Å². The Morgan fingerprint density at radius 1 is 0.195 bits per heavy atom. The van der Waals surface area contributed by atoms with Crippen LogP contribution in [0.2, 0.25) is 0 Å². The minimum atomic E-state index is -0.402. The van der Waals surface area contributed by atoms with Crippen LogP contribution in [0.4, 0.5) is 34.1 Å². The van der Waals surface area contributed by atoms with Crippen molar-refractivity contribution >= 4 is 163 Å². The van der Waals surface area contributed by atoms with Gasteiger partial charge in [0, 0.05) is 84.2 Å². The summed E-state index contributed by atoms with van der Waals surface area (Å²) in [4.78, 5) is 103. The minimum Gasteiger partial charge on any atom is -0.311 e. The van der Waals surface area contributed by atoms with Crippen LogP contribution in [0, 0.1) is 0 Å². The van der Waals surface area contributed by atoms with E-state index in [0.29, 0.717) is 112 Å². The third-order valence-electron chi connectivity index (χ3n) is 21.8. The number of benzene rings is 12. The van der Waals surface area contributed by atoms with Gasteiger partial charge in [-0.2, -0.15) is 89.9 Å². The van der Waals surface area contributed by atoms with Crippen molar-refractivity contribution in [2.24, 2.45) is 89.9 Å². The number of nitrogens with zero attached hydrogens (tertiary/aromatic N) is 23. The fraction of sp³-hybridized carbons (Fsp3) is 0.0426. The van der Waals surface area contributed by atoms with E-state index in [1.165, 1.54) is 0 Å². The Hall–Kier alpha value is -16.2. The van der Waals surface area contributed by atoms with Crippen LogP contribution in [-0.4, -0.2) is 128 Å². The van der Waals surface area contributed by atoms with Gasteiger partial charge in [0.15, 0.2) is 52.5 Å². The summed E-state index contributed by atoms with van der Waals surface area (Å²) >= 11 is 0. The molecule has 23 nitrogen and oxygen atoms in total. The van der Waals surface area contributed by atoms with Crippen molar-refractivity contribution in [1.29, 1.82) is 0 Å². The van der Waals surface area contributed by atoms with E-state index < -0.39 is 5.41 Å². The summed E-state index contributed by atoms with van der Waals surface area (Å²) in [5, 5.41) is 0. The first-order valence-electron chi connectivity index (χ1n) is 38.7. The lowest BCUT2D eigenvalue weighted by Gasteiger charge is -2.45. The SMILES string of the molecule is CC(C)(C)c1cc2c3c(c1)N(c1ccc(-c4ccccc4)cc1)c1cc(C4=NC5=NC(c6ccccc6)=NC6=NC(c7ccccc7)=NC(=N4)N65)ccc1B3c1ccc(C3=NC4=NC(c5ccccc5)=NC5=NC(c6ccccc6)=NC(=N3)N54)cc1N2c1ccc(C2=NC3=NC(c4ccccc4)=NC4=NC(c5ccccc5)=NC(=N2)N43)cc1. The predicted molar refractivity (Wildman–Crippen MR) is 475 cm³/mol. The Morgan fingerprint density at radius 3 is 0.661 bits per heavy atom. The number of guanidine groups is 9. The number of anilines is 6. The molecular weight excluding hydrogens is 1460 g/mol. The lowest BCUT2D eigenvalue weighted by molar-refractivity contribution is 0.590. The van der Waals surface area contributed by atoms with Gasteiger partial charge in [0.2, 0.25) is 53.6 Å². The van der Waals surface area contributed by atoms with Gasteiger partial charge in [-0.05, 0) is 99.2 Å². The lowest BCUT2D eigenvalue weighted by Crippen LogP contribution is -2.61. The minimum absolute atomic E-state index is 0.326. The Kier molecular flexibility index (Phi) is 15.3. The second-order valence-electron chi connectivity index (χ2n) is 30.1. The number of fused-ring (bicyclic) bond motifs is 4. The first-order chi connectivity index (χ1) is 58.0. The average molecular weight is 1520 g/mol. The molecule has 11 aliphatic rings. The Morgan fingerprint density at radius 2 is 0.407 bits per heavy atom. The summed E-state index contributed by atoms with van der Waals surface area (Å²) in [5.74, 6) is 7.09. The summed E-state index contributed by atoms with van der Waals surface area (Å²) in [6.45, 7) is 6.42. The van der Waals surface area contributed by atoms with Crippen LogP contribution in [0.25, 0.3) is 11.1 Å².